The van der Waals surface area contributed by atoms with Gasteiger partial charge in [-0.1, -0.05) is 0 Å². The van der Waals surface area contributed by atoms with Crippen LogP contribution in [0.25, 0.3) is 0 Å². The molecule has 0 amide bonds. The second-order valence-electron chi connectivity index (χ2n) is 3.90. The van der Waals surface area contributed by atoms with Gasteiger partial charge in [-0.15, -0.1) is 0 Å². The lowest BCUT2D eigenvalue weighted by molar-refractivity contribution is 0.0853. The van der Waals surface area contributed by atoms with E-state index in [0.29, 0.717) is 6.04 Å². The number of pyridine rings is 1. The molecule has 1 aliphatic rings. The summed E-state index contributed by atoms with van der Waals surface area (Å²) >= 11 is 0. The highest BCUT2D eigenvalue weighted by Crippen LogP contribution is 2.20. The first-order chi connectivity index (χ1) is 7.27. The monoisotopic (exact) mass is 207 g/mol. The summed E-state index contributed by atoms with van der Waals surface area (Å²) in [4.78, 5) is 6.51. The second kappa shape index (κ2) is 4.49. The molecule has 0 aromatic carbocycles. The SMILES string of the molecule is CN(c1cc(N)ccn1)C1CCOCC1. The molecule has 1 aromatic heterocycles. The van der Waals surface area contributed by atoms with Gasteiger partial charge in [0.1, 0.15) is 5.82 Å². The van der Waals surface area contributed by atoms with Crippen molar-refractivity contribution in [3.05, 3.63) is 18.3 Å². The van der Waals surface area contributed by atoms with Crippen molar-refractivity contribution in [1.82, 2.24) is 4.98 Å². The number of nitrogens with two attached hydrogens (primary N) is 1. The Bertz CT molecular complexity index is 323. The fourth-order valence-corrected chi connectivity index (χ4v) is 1.89. The molecule has 1 aromatic rings. The number of anilines is 2. The van der Waals surface area contributed by atoms with Crippen molar-refractivity contribution in [1.29, 1.82) is 0 Å². The standard InChI is InChI=1S/C11H17N3O/c1-14(10-3-6-15-7-4-10)11-8-9(12)2-5-13-11/h2,5,8,10H,3-4,6-7H2,1H3,(H2,12,13). The van der Waals surface area contributed by atoms with Gasteiger partial charge < -0.3 is 15.4 Å². The van der Waals surface area contributed by atoms with E-state index < -0.39 is 0 Å². The van der Waals surface area contributed by atoms with E-state index in [1.54, 1.807) is 12.3 Å². The Kier molecular flexibility index (Phi) is 3.06. The quantitative estimate of drug-likeness (QED) is 0.793. The highest BCUT2D eigenvalue weighted by molar-refractivity contribution is 5.50. The van der Waals surface area contributed by atoms with Crippen LogP contribution in [0, 0.1) is 0 Å². The lowest BCUT2D eigenvalue weighted by Gasteiger charge is -2.32. The van der Waals surface area contributed by atoms with Gasteiger partial charge in [0.15, 0.2) is 0 Å². The number of rotatable bonds is 2. The lowest BCUT2D eigenvalue weighted by atomic mass is 10.1. The molecule has 0 atom stereocenters. The normalized spacial score (nSPS) is 17.7. The predicted molar refractivity (Wildman–Crippen MR) is 60.9 cm³/mol. The summed E-state index contributed by atoms with van der Waals surface area (Å²) in [6, 6.07) is 4.24. The van der Waals surface area contributed by atoms with E-state index >= 15 is 0 Å². The number of hydrogen-bond acceptors (Lipinski definition) is 4. The van der Waals surface area contributed by atoms with Gasteiger partial charge in [-0.2, -0.15) is 0 Å². The summed E-state index contributed by atoms with van der Waals surface area (Å²) in [7, 11) is 2.07. The third-order valence-corrected chi connectivity index (χ3v) is 2.87. The topological polar surface area (TPSA) is 51.4 Å². The Labute approximate surface area is 90.0 Å². The van der Waals surface area contributed by atoms with Crippen LogP contribution < -0.4 is 10.6 Å². The molecule has 2 heterocycles. The van der Waals surface area contributed by atoms with Gasteiger partial charge in [0.05, 0.1) is 0 Å². The third kappa shape index (κ3) is 2.39. The number of ether oxygens (including phenoxy) is 1. The molecule has 0 bridgehead atoms. The summed E-state index contributed by atoms with van der Waals surface area (Å²) < 4.78 is 5.34. The van der Waals surface area contributed by atoms with Crippen LogP contribution in [-0.4, -0.2) is 31.3 Å². The van der Waals surface area contributed by atoms with E-state index in [2.05, 4.69) is 16.9 Å². The molecule has 1 fully saturated rings. The van der Waals surface area contributed by atoms with E-state index in [4.69, 9.17) is 10.5 Å². The van der Waals surface area contributed by atoms with Crippen LogP contribution in [0.3, 0.4) is 0 Å². The largest absolute Gasteiger partial charge is 0.399 e. The molecule has 15 heavy (non-hydrogen) atoms. The van der Waals surface area contributed by atoms with Gasteiger partial charge in [0, 0.05) is 44.3 Å². The van der Waals surface area contributed by atoms with Gasteiger partial charge in [0.25, 0.3) is 0 Å². The van der Waals surface area contributed by atoms with Gasteiger partial charge in [0.2, 0.25) is 0 Å². The minimum absolute atomic E-state index is 0.521. The molecule has 0 aliphatic carbocycles. The van der Waals surface area contributed by atoms with Gasteiger partial charge in [-0.05, 0) is 18.9 Å². The zero-order valence-corrected chi connectivity index (χ0v) is 9.02. The number of nitrogens with zero attached hydrogens (tertiary/aromatic N) is 2. The molecule has 0 unspecified atom stereocenters. The number of hydrogen-bond donors (Lipinski definition) is 1. The maximum absolute atomic E-state index is 5.73. The second-order valence-corrected chi connectivity index (χ2v) is 3.90. The van der Waals surface area contributed by atoms with Crippen molar-refractivity contribution in [3.63, 3.8) is 0 Å². The summed E-state index contributed by atoms with van der Waals surface area (Å²) in [5.41, 5.74) is 6.50. The maximum atomic E-state index is 5.73. The molecule has 0 saturated carbocycles. The van der Waals surface area contributed by atoms with E-state index in [1.807, 2.05) is 6.07 Å². The third-order valence-electron chi connectivity index (χ3n) is 2.87. The molecule has 82 valence electrons. The van der Waals surface area contributed by atoms with Crippen LogP contribution in [0.4, 0.5) is 11.5 Å². The lowest BCUT2D eigenvalue weighted by Crippen LogP contribution is -2.37. The Morgan fingerprint density at radius 3 is 2.87 bits per heavy atom. The van der Waals surface area contributed by atoms with Crippen molar-refractivity contribution in [3.8, 4) is 0 Å². The average molecular weight is 207 g/mol. The summed E-state index contributed by atoms with van der Waals surface area (Å²) in [5.74, 6) is 0.946. The highest BCUT2D eigenvalue weighted by atomic mass is 16.5. The maximum Gasteiger partial charge on any atom is 0.130 e. The van der Waals surface area contributed by atoms with Crippen LogP contribution in [0.1, 0.15) is 12.8 Å². The van der Waals surface area contributed by atoms with Crippen molar-refractivity contribution >= 4 is 11.5 Å². The molecule has 2 N–H and O–H groups in total. The van der Waals surface area contributed by atoms with E-state index in [9.17, 15) is 0 Å². The molecule has 4 heteroatoms. The Morgan fingerprint density at radius 2 is 2.20 bits per heavy atom. The molecular formula is C11H17N3O. The summed E-state index contributed by atoms with van der Waals surface area (Å²) in [6.07, 6.45) is 3.88. The molecule has 1 aliphatic heterocycles. The molecule has 1 saturated heterocycles. The zero-order valence-electron chi connectivity index (χ0n) is 9.02. The minimum Gasteiger partial charge on any atom is -0.399 e. The van der Waals surface area contributed by atoms with Crippen LogP contribution in [-0.2, 0) is 4.74 Å². The zero-order chi connectivity index (χ0) is 10.7. The van der Waals surface area contributed by atoms with Gasteiger partial charge in [-0.25, -0.2) is 4.98 Å². The van der Waals surface area contributed by atoms with E-state index in [-0.39, 0.29) is 0 Å². The van der Waals surface area contributed by atoms with Crippen LogP contribution in [0.5, 0.6) is 0 Å². The summed E-state index contributed by atoms with van der Waals surface area (Å²) in [6.45, 7) is 1.69. The number of nitrogen functional groups attached to an aromatic ring is 1. The van der Waals surface area contributed by atoms with Crippen LogP contribution in [0.15, 0.2) is 18.3 Å². The smallest absolute Gasteiger partial charge is 0.130 e. The number of aromatic nitrogens is 1. The van der Waals surface area contributed by atoms with Crippen molar-refractivity contribution in [2.24, 2.45) is 0 Å². The molecular weight excluding hydrogens is 190 g/mol. The molecule has 0 spiro atoms. The van der Waals surface area contributed by atoms with Crippen molar-refractivity contribution < 1.29 is 4.74 Å². The Balaban J connectivity index is 2.08. The van der Waals surface area contributed by atoms with Crippen LogP contribution >= 0.6 is 0 Å². The highest BCUT2D eigenvalue weighted by Gasteiger charge is 2.19. The first-order valence-corrected chi connectivity index (χ1v) is 5.29. The first kappa shape index (κ1) is 10.2. The van der Waals surface area contributed by atoms with Gasteiger partial charge >= 0.3 is 0 Å². The van der Waals surface area contributed by atoms with E-state index in [0.717, 1.165) is 37.6 Å². The minimum atomic E-state index is 0.521. The fourth-order valence-electron chi connectivity index (χ4n) is 1.89. The first-order valence-electron chi connectivity index (χ1n) is 5.29. The van der Waals surface area contributed by atoms with Crippen LogP contribution in [0.2, 0.25) is 0 Å². The van der Waals surface area contributed by atoms with Gasteiger partial charge in [-0.3, -0.25) is 0 Å². The van der Waals surface area contributed by atoms with Crippen molar-refractivity contribution in [2.75, 3.05) is 30.9 Å². The Morgan fingerprint density at radius 1 is 1.47 bits per heavy atom. The molecule has 2 rings (SSSR count). The fraction of sp³-hybridized carbons (Fsp3) is 0.545. The predicted octanol–water partition coefficient (Wildman–Crippen LogP) is 1.28. The van der Waals surface area contributed by atoms with Crippen molar-refractivity contribution in [2.45, 2.75) is 18.9 Å². The molecule has 0 radical (unpaired) electrons. The molecule has 4 nitrogen and oxygen atoms in total. The Hall–Kier alpha value is -1.29. The average Bonchev–Trinajstić information content (AvgIpc) is 2.29. The summed E-state index contributed by atoms with van der Waals surface area (Å²) in [5, 5.41) is 0. The van der Waals surface area contributed by atoms with E-state index in [1.165, 1.54) is 0 Å².